The van der Waals surface area contributed by atoms with Gasteiger partial charge in [-0.2, -0.15) is 0 Å². The standard InChI is InChI=1S/C19H21N3O/c1-2-4-17-14(3-1)7-10-19(22-17)21-16-8-5-15(6-9-16)18-13-20-11-12-23-18/h1-5,7-10,15,18,20H,6,11-13H2,(H,21,22)/t15?,18-/m1/s1. The third kappa shape index (κ3) is 3.28. The molecule has 0 radical (unpaired) electrons. The average molecular weight is 307 g/mol. The number of para-hydroxylation sites is 1. The second kappa shape index (κ2) is 6.52. The van der Waals surface area contributed by atoms with Crippen molar-refractivity contribution in [2.24, 2.45) is 5.92 Å². The third-order valence-electron chi connectivity index (χ3n) is 4.44. The molecular weight excluding hydrogens is 286 g/mol. The third-order valence-corrected chi connectivity index (χ3v) is 4.44. The molecule has 0 bridgehead atoms. The molecule has 1 saturated heterocycles. The van der Waals surface area contributed by atoms with Crippen molar-refractivity contribution in [2.75, 3.05) is 25.0 Å². The fraction of sp³-hybridized carbons (Fsp3) is 0.316. The maximum atomic E-state index is 5.84. The van der Waals surface area contributed by atoms with Gasteiger partial charge in [0.1, 0.15) is 5.82 Å². The summed E-state index contributed by atoms with van der Waals surface area (Å²) in [5, 5.41) is 7.96. The number of nitrogens with zero attached hydrogens (tertiary/aromatic N) is 1. The van der Waals surface area contributed by atoms with Crippen LogP contribution in [-0.2, 0) is 4.74 Å². The lowest BCUT2D eigenvalue weighted by molar-refractivity contribution is 0.00355. The lowest BCUT2D eigenvalue weighted by Crippen LogP contribution is -2.42. The van der Waals surface area contributed by atoms with Gasteiger partial charge in [-0.05, 0) is 30.7 Å². The fourth-order valence-electron chi connectivity index (χ4n) is 3.15. The normalized spacial score (nSPS) is 24.4. The Morgan fingerprint density at radius 3 is 2.96 bits per heavy atom. The average Bonchev–Trinajstić information content (AvgIpc) is 2.63. The highest BCUT2D eigenvalue weighted by Gasteiger charge is 2.23. The van der Waals surface area contributed by atoms with Gasteiger partial charge in [-0.15, -0.1) is 0 Å². The van der Waals surface area contributed by atoms with Crippen LogP contribution in [0.2, 0.25) is 0 Å². The Morgan fingerprint density at radius 2 is 2.13 bits per heavy atom. The summed E-state index contributed by atoms with van der Waals surface area (Å²) in [7, 11) is 0. The molecule has 118 valence electrons. The van der Waals surface area contributed by atoms with Crippen LogP contribution in [0.15, 0.2) is 60.3 Å². The molecule has 1 unspecified atom stereocenters. The molecule has 4 heteroatoms. The van der Waals surface area contributed by atoms with Gasteiger partial charge in [0.25, 0.3) is 0 Å². The van der Waals surface area contributed by atoms with Crippen LogP contribution in [0.1, 0.15) is 6.42 Å². The zero-order valence-electron chi connectivity index (χ0n) is 13.0. The van der Waals surface area contributed by atoms with Crippen LogP contribution in [-0.4, -0.2) is 30.8 Å². The number of benzene rings is 1. The highest BCUT2D eigenvalue weighted by Crippen LogP contribution is 2.23. The predicted molar refractivity (Wildman–Crippen MR) is 93.3 cm³/mol. The molecule has 1 aromatic heterocycles. The van der Waals surface area contributed by atoms with Crippen LogP contribution >= 0.6 is 0 Å². The lowest BCUT2D eigenvalue weighted by atomic mass is 9.93. The molecule has 0 saturated carbocycles. The van der Waals surface area contributed by atoms with Gasteiger partial charge in [0.15, 0.2) is 0 Å². The molecular formula is C19H21N3O. The molecule has 1 fully saturated rings. The Bertz CT molecular complexity index is 747. The zero-order chi connectivity index (χ0) is 15.5. The van der Waals surface area contributed by atoms with Gasteiger partial charge in [-0.3, -0.25) is 0 Å². The Hall–Kier alpha value is -2.17. The summed E-state index contributed by atoms with van der Waals surface area (Å²) in [6.07, 6.45) is 7.92. The van der Waals surface area contributed by atoms with E-state index in [1.807, 2.05) is 24.3 Å². The number of rotatable bonds is 3. The van der Waals surface area contributed by atoms with Crippen LogP contribution in [0.3, 0.4) is 0 Å². The van der Waals surface area contributed by atoms with Crippen molar-refractivity contribution in [2.45, 2.75) is 12.5 Å². The van der Waals surface area contributed by atoms with Crippen molar-refractivity contribution in [3.8, 4) is 0 Å². The largest absolute Gasteiger partial charge is 0.375 e. The van der Waals surface area contributed by atoms with E-state index in [1.54, 1.807) is 0 Å². The van der Waals surface area contributed by atoms with Gasteiger partial charge in [0.2, 0.25) is 0 Å². The van der Waals surface area contributed by atoms with Gasteiger partial charge < -0.3 is 15.4 Å². The van der Waals surface area contributed by atoms with E-state index in [9.17, 15) is 0 Å². The summed E-state index contributed by atoms with van der Waals surface area (Å²) < 4.78 is 5.84. The van der Waals surface area contributed by atoms with E-state index in [1.165, 1.54) is 0 Å². The molecule has 1 aliphatic heterocycles. The highest BCUT2D eigenvalue weighted by molar-refractivity contribution is 5.80. The number of ether oxygens (including phenoxy) is 1. The van der Waals surface area contributed by atoms with Crippen LogP contribution in [0.5, 0.6) is 0 Å². The van der Waals surface area contributed by atoms with Crippen molar-refractivity contribution in [3.63, 3.8) is 0 Å². The molecule has 4 rings (SSSR count). The Balaban J connectivity index is 1.43. The number of nitrogens with one attached hydrogen (secondary N) is 2. The molecule has 23 heavy (non-hydrogen) atoms. The number of fused-ring (bicyclic) bond motifs is 1. The van der Waals surface area contributed by atoms with E-state index in [4.69, 9.17) is 4.74 Å². The predicted octanol–water partition coefficient (Wildman–Crippen LogP) is 3.10. The summed E-state index contributed by atoms with van der Waals surface area (Å²) in [4.78, 5) is 4.66. The number of hydrogen-bond acceptors (Lipinski definition) is 4. The van der Waals surface area contributed by atoms with Crippen LogP contribution in [0.4, 0.5) is 5.82 Å². The molecule has 2 atom stereocenters. The minimum atomic E-state index is 0.289. The van der Waals surface area contributed by atoms with Crippen molar-refractivity contribution in [1.82, 2.24) is 10.3 Å². The molecule has 2 aliphatic rings. The van der Waals surface area contributed by atoms with Crippen LogP contribution in [0, 0.1) is 5.92 Å². The van der Waals surface area contributed by atoms with E-state index in [2.05, 4.69) is 46.0 Å². The minimum absolute atomic E-state index is 0.289. The quantitative estimate of drug-likeness (QED) is 0.915. The van der Waals surface area contributed by atoms with E-state index in [-0.39, 0.29) is 6.10 Å². The van der Waals surface area contributed by atoms with Crippen molar-refractivity contribution in [1.29, 1.82) is 0 Å². The van der Waals surface area contributed by atoms with Crippen molar-refractivity contribution < 1.29 is 4.74 Å². The number of morpholine rings is 1. The summed E-state index contributed by atoms with van der Waals surface area (Å²) in [5.41, 5.74) is 2.12. The highest BCUT2D eigenvalue weighted by atomic mass is 16.5. The number of aromatic nitrogens is 1. The Kier molecular flexibility index (Phi) is 4.09. The number of hydrogen-bond donors (Lipinski definition) is 2. The first kappa shape index (κ1) is 14.4. The van der Waals surface area contributed by atoms with Gasteiger partial charge >= 0.3 is 0 Å². The molecule has 2 aromatic rings. The van der Waals surface area contributed by atoms with Crippen molar-refractivity contribution >= 4 is 16.7 Å². The molecule has 2 heterocycles. The van der Waals surface area contributed by atoms with E-state index < -0.39 is 0 Å². The van der Waals surface area contributed by atoms with Crippen LogP contribution in [0.25, 0.3) is 10.9 Å². The Morgan fingerprint density at radius 1 is 1.17 bits per heavy atom. The SMILES string of the molecule is C1=CC([C@H]2CNCCO2)CC=C1Nc1ccc2ccccc2n1. The van der Waals surface area contributed by atoms with E-state index in [0.29, 0.717) is 5.92 Å². The number of pyridine rings is 1. The topological polar surface area (TPSA) is 46.2 Å². The smallest absolute Gasteiger partial charge is 0.131 e. The summed E-state index contributed by atoms with van der Waals surface area (Å²) in [5.74, 6) is 1.34. The van der Waals surface area contributed by atoms with Crippen LogP contribution < -0.4 is 10.6 Å². The summed E-state index contributed by atoms with van der Waals surface area (Å²) >= 11 is 0. The molecule has 0 spiro atoms. The van der Waals surface area contributed by atoms with E-state index >= 15 is 0 Å². The first-order valence-corrected chi connectivity index (χ1v) is 8.22. The van der Waals surface area contributed by atoms with Gasteiger partial charge in [-0.1, -0.05) is 30.4 Å². The maximum absolute atomic E-state index is 5.84. The zero-order valence-corrected chi connectivity index (χ0v) is 13.0. The second-order valence-corrected chi connectivity index (χ2v) is 6.05. The van der Waals surface area contributed by atoms with Crippen molar-refractivity contribution in [3.05, 3.63) is 60.3 Å². The first-order valence-electron chi connectivity index (χ1n) is 8.22. The fourth-order valence-corrected chi connectivity index (χ4v) is 3.15. The molecule has 4 nitrogen and oxygen atoms in total. The summed E-state index contributed by atoms with van der Waals surface area (Å²) in [6, 6.07) is 12.3. The molecule has 1 aromatic carbocycles. The Labute approximate surface area is 136 Å². The molecule has 2 N–H and O–H groups in total. The molecule has 1 aliphatic carbocycles. The second-order valence-electron chi connectivity index (χ2n) is 6.05. The lowest BCUT2D eigenvalue weighted by Gasteiger charge is -2.30. The van der Waals surface area contributed by atoms with E-state index in [0.717, 1.165) is 48.5 Å². The first-order chi connectivity index (χ1) is 11.4. The maximum Gasteiger partial charge on any atom is 0.131 e. The van der Waals surface area contributed by atoms with Gasteiger partial charge in [-0.25, -0.2) is 4.98 Å². The summed E-state index contributed by atoms with van der Waals surface area (Å²) in [6.45, 7) is 2.71. The van der Waals surface area contributed by atoms with Gasteiger partial charge in [0, 0.05) is 30.1 Å². The number of allylic oxidation sites excluding steroid dienone is 2. The van der Waals surface area contributed by atoms with Gasteiger partial charge in [0.05, 0.1) is 18.2 Å². The number of anilines is 1. The monoisotopic (exact) mass is 307 g/mol. The minimum Gasteiger partial charge on any atom is -0.375 e. The molecule has 0 amide bonds.